The summed E-state index contributed by atoms with van der Waals surface area (Å²) < 4.78 is 0. The van der Waals surface area contributed by atoms with Crippen LogP contribution >= 0.6 is 0 Å². The number of amidine groups is 1. The highest BCUT2D eigenvalue weighted by Crippen LogP contribution is 2.35. The van der Waals surface area contributed by atoms with E-state index in [9.17, 15) is 0 Å². The first-order chi connectivity index (χ1) is 6.97. The van der Waals surface area contributed by atoms with Crippen molar-refractivity contribution in [1.29, 1.82) is 5.41 Å². The maximum absolute atomic E-state index is 8.27. The SMILES string of the molecule is CC(C)(C)C(=N)N(CC1CC1)CC1CC1. The highest BCUT2D eigenvalue weighted by Gasteiger charge is 2.33. The fourth-order valence-electron chi connectivity index (χ4n) is 1.96. The van der Waals surface area contributed by atoms with Crippen molar-refractivity contribution in [3.05, 3.63) is 0 Å². The number of hydrogen-bond acceptors (Lipinski definition) is 1. The van der Waals surface area contributed by atoms with Gasteiger partial charge in [-0.15, -0.1) is 0 Å². The van der Waals surface area contributed by atoms with E-state index in [0.29, 0.717) is 0 Å². The molecule has 2 nitrogen and oxygen atoms in total. The lowest BCUT2D eigenvalue weighted by molar-refractivity contribution is 0.340. The summed E-state index contributed by atoms with van der Waals surface area (Å²) in [7, 11) is 0. The Morgan fingerprint density at radius 1 is 1.07 bits per heavy atom. The lowest BCUT2D eigenvalue weighted by Gasteiger charge is -2.32. The number of nitrogens with one attached hydrogen (secondary N) is 1. The van der Waals surface area contributed by atoms with Crippen LogP contribution in [0.3, 0.4) is 0 Å². The second-order valence-electron chi connectivity index (χ2n) is 6.39. The molecule has 0 radical (unpaired) electrons. The molecule has 0 amide bonds. The summed E-state index contributed by atoms with van der Waals surface area (Å²) >= 11 is 0. The Bertz CT molecular complexity index is 230. The molecular formula is C13H24N2. The number of rotatable bonds is 4. The van der Waals surface area contributed by atoms with E-state index in [1.807, 2.05) is 0 Å². The van der Waals surface area contributed by atoms with E-state index in [2.05, 4.69) is 25.7 Å². The van der Waals surface area contributed by atoms with Gasteiger partial charge in [-0.05, 0) is 37.5 Å². The average molecular weight is 208 g/mol. The molecule has 2 aliphatic carbocycles. The summed E-state index contributed by atoms with van der Waals surface area (Å²) in [6, 6.07) is 0. The molecule has 86 valence electrons. The molecule has 2 rings (SSSR count). The average Bonchev–Trinajstić information content (AvgIpc) is 2.92. The summed E-state index contributed by atoms with van der Waals surface area (Å²) in [6.07, 6.45) is 5.55. The van der Waals surface area contributed by atoms with E-state index in [0.717, 1.165) is 30.8 Å². The lowest BCUT2D eigenvalue weighted by Crippen LogP contribution is -2.41. The summed E-state index contributed by atoms with van der Waals surface area (Å²) in [5, 5.41) is 8.27. The van der Waals surface area contributed by atoms with Crippen LogP contribution in [0, 0.1) is 22.7 Å². The van der Waals surface area contributed by atoms with Gasteiger partial charge in [-0.3, -0.25) is 5.41 Å². The van der Waals surface area contributed by atoms with Crippen LogP contribution in [0.25, 0.3) is 0 Å². The van der Waals surface area contributed by atoms with Crippen LogP contribution < -0.4 is 0 Å². The Balaban J connectivity index is 1.92. The van der Waals surface area contributed by atoms with Crippen LogP contribution in [0.5, 0.6) is 0 Å². The van der Waals surface area contributed by atoms with Gasteiger partial charge in [0.2, 0.25) is 0 Å². The summed E-state index contributed by atoms with van der Waals surface area (Å²) in [6.45, 7) is 8.76. The molecule has 2 heteroatoms. The van der Waals surface area contributed by atoms with E-state index < -0.39 is 0 Å². The van der Waals surface area contributed by atoms with E-state index in [1.54, 1.807) is 0 Å². The van der Waals surface area contributed by atoms with Crippen LogP contribution in [0.15, 0.2) is 0 Å². The zero-order valence-electron chi connectivity index (χ0n) is 10.3. The molecule has 0 heterocycles. The second kappa shape index (κ2) is 3.80. The molecule has 2 aliphatic rings. The van der Waals surface area contributed by atoms with E-state index >= 15 is 0 Å². The Morgan fingerprint density at radius 2 is 1.47 bits per heavy atom. The zero-order valence-corrected chi connectivity index (χ0v) is 10.3. The molecule has 0 spiro atoms. The molecule has 2 saturated carbocycles. The van der Waals surface area contributed by atoms with Crippen molar-refractivity contribution < 1.29 is 0 Å². The van der Waals surface area contributed by atoms with Gasteiger partial charge in [0.1, 0.15) is 5.84 Å². The Morgan fingerprint density at radius 3 is 1.73 bits per heavy atom. The minimum Gasteiger partial charge on any atom is -0.360 e. The second-order valence-corrected chi connectivity index (χ2v) is 6.39. The van der Waals surface area contributed by atoms with Crippen LogP contribution in [-0.4, -0.2) is 23.8 Å². The molecule has 1 N–H and O–H groups in total. The van der Waals surface area contributed by atoms with Crippen LogP contribution in [-0.2, 0) is 0 Å². The quantitative estimate of drug-likeness (QED) is 0.558. The van der Waals surface area contributed by atoms with Gasteiger partial charge in [0.15, 0.2) is 0 Å². The molecule has 15 heavy (non-hydrogen) atoms. The first-order valence-electron chi connectivity index (χ1n) is 6.31. The Labute approximate surface area is 93.6 Å². The van der Waals surface area contributed by atoms with Crippen molar-refractivity contribution in [1.82, 2.24) is 4.90 Å². The molecule has 0 bridgehead atoms. The molecule has 0 aliphatic heterocycles. The van der Waals surface area contributed by atoms with Crippen molar-refractivity contribution in [2.24, 2.45) is 17.3 Å². The third kappa shape index (κ3) is 3.22. The normalized spacial score (nSPS) is 21.5. The molecule has 0 unspecified atom stereocenters. The minimum absolute atomic E-state index is 0.0176. The molecule has 0 aromatic rings. The van der Waals surface area contributed by atoms with Gasteiger partial charge in [0, 0.05) is 18.5 Å². The fourth-order valence-corrected chi connectivity index (χ4v) is 1.96. The van der Waals surface area contributed by atoms with Crippen LogP contribution in [0.2, 0.25) is 0 Å². The molecule has 0 atom stereocenters. The largest absolute Gasteiger partial charge is 0.360 e. The van der Waals surface area contributed by atoms with Gasteiger partial charge >= 0.3 is 0 Å². The van der Waals surface area contributed by atoms with Gasteiger partial charge in [-0.2, -0.15) is 0 Å². The third-order valence-electron chi connectivity index (χ3n) is 3.38. The standard InChI is InChI=1S/C13H24N2/c1-13(2,3)12(14)15(8-10-4-5-10)9-11-6-7-11/h10-11,14H,4-9H2,1-3H3. The fraction of sp³-hybridized carbons (Fsp3) is 0.923. The highest BCUT2D eigenvalue weighted by atomic mass is 15.2. The van der Waals surface area contributed by atoms with E-state index in [4.69, 9.17) is 5.41 Å². The van der Waals surface area contributed by atoms with Crippen molar-refractivity contribution in [2.45, 2.75) is 46.5 Å². The summed E-state index contributed by atoms with van der Waals surface area (Å²) in [4.78, 5) is 2.36. The molecular weight excluding hydrogens is 184 g/mol. The molecule has 0 aromatic carbocycles. The zero-order chi connectivity index (χ0) is 11.1. The van der Waals surface area contributed by atoms with Gasteiger partial charge in [-0.25, -0.2) is 0 Å². The monoisotopic (exact) mass is 208 g/mol. The van der Waals surface area contributed by atoms with Crippen molar-refractivity contribution in [3.63, 3.8) is 0 Å². The topological polar surface area (TPSA) is 27.1 Å². The summed E-state index contributed by atoms with van der Waals surface area (Å²) in [5.41, 5.74) is 0.0176. The predicted octanol–water partition coefficient (Wildman–Crippen LogP) is 3.13. The molecule has 0 aromatic heterocycles. The number of nitrogens with zero attached hydrogens (tertiary/aromatic N) is 1. The van der Waals surface area contributed by atoms with Crippen LogP contribution in [0.4, 0.5) is 0 Å². The van der Waals surface area contributed by atoms with E-state index in [-0.39, 0.29) is 5.41 Å². The Kier molecular flexibility index (Phi) is 2.78. The lowest BCUT2D eigenvalue weighted by atomic mass is 9.93. The van der Waals surface area contributed by atoms with Gasteiger partial charge in [0.25, 0.3) is 0 Å². The minimum atomic E-state index is 0.0176. The first-order valence-corrected chi connectivity index (χ1v) is 6.31. The maximum Gasteiger partial charge on any atom is 0.101 e. The summed E-state index contributed by atoms with van der Waals surface area (Å²) in [5.74, 6) is 2.64. The first kappa shape index (κ1) is 11.0. The predicted molar refractivity (Wildman–Crippen MR) is 64.2 cm³/mol. The van der Waals surface area contributed by atoms with E-state index in [1.165, 1.54) is 25.7 Å². The smallest absolute Gasteiger partial charge is 0.101 e. The van der Waals surface area contributed by atoms with Crippen molar-refractivity contribution >= 4 is 5.84 Å². The maximum atomic E-state index is 8.27. The highest BCUT2D eigenvalue weighted by molar-refractivity contribution is 5.84. The van der Waals surface area contributed by atoms with Crippen LogP contribution in [0.1, 0.15) is 46.5 Å². The number of hydrogen-bond donors (Lipinski definition) is 1. The van der Waals surface area contributed by atoms with Crippen molar-refractivity contribution in [3.8, 4) is 0 Å². The Hall–Kier alpha value is -0.530. The molecule has 0 saturated heterocycles. The van der Waals surface area contributed by atoms with Gasteiger partial charge in [-0.1, -0.05) is 20.8 Å². The molecule has 2 fully saturated rings. The van der Waals surface area contributed by atoms with Gasteiger partial charge < -0.3 is 4.90 Å². The van der Waals surface area contributed by atoms with Gasteiger partial charge in [0.05, 0.1) is 0 Å². The third-order valence-corrected chi connectivity index (χ3v) is 3.38. The van der Waals surface area contributed by atoms with Crippen molar-refractivity contribution in [2.75, 3.05) is 13.1 Å².